The summed E-state index contributed by atoms with van der Waals surface area (Å²) in [7, 11) is 1.60. The lowest BCUT2D eigenvalue weighted by molar-refractivity contribution is -0.222. The summed E-state index contributed by atoms with van der Waals surface area (Å²) in [5.74, 6) is -1.96. The Balaban J connectivity index is 1.94. The molecule has 0 aliphatic carbocycles. The van der Waals surface area contributed by atoms with E-state index in [0.717, 1.165) is 22.2 Å². The van der Waals surface area contributed by atoms with Crippen molar-refractivity contribution in [3.8, 4) is 5.75 Å². The first-order chi connectivity index (χ1) is 11.4. The van der Waals surface area contributed by atoms with Crippen LogP contribution in [0.1, 0.15) is 13.8 Å². The van der Waals surface area contributed by atoms with Crippen LogP contribution in [0.15, 0.2) is 48.2 Å². The third-order valence-corrected chi connectivity index (χ3v) is 3.59. The van der Waals surface area contributed by atoms with Gasteiger partial charge < -0.3 is 19.5 Å². The van der Waals surface area contributed by atoms with E-state index in [9.17, 15) is 9.59 Å². The van der Waals surface area contributed by atoms with E-state index in [1.807, 2.05) is 36.4 Å². The number of carbonyl (C=O) groups excluding carboxylic acids is 2. The number of benzene rings is 2. The van der Waals surface area contributed by atoms with Crippen LogP contribution in [-0.4, -0.2) is 24.8 Å². The predicted octanol–water partition coefficient (Wildman–Crippen LogP) is 2.98. The van der Waals surface area contributed by atoms with E-state index < -0.39 is 17.7 Å². The minimum atomic E-state index is -1.25. The van der Waals surface area contributed by atoms with Crippen molar-refractivity contribution in [3.63, 3.8) is 0 Å². The summed E-state index contributed by atoms with van der Waals surface area (Å²) >= 11 is 0. The highest BCUT2D eigenvalue weighted by Gasteiger charge is 2.38. The maximum Gasteiger partial charge on any atom is 0.350 e. The number of ether oxygens (including phenoxy) is 3. The molecule has 2 aromatic rings. The summed E-state index contributed by atoms with van der Waals surface area (Å²) in [5.41, 5.74) is 0.540. The molecule has 1 aliphatic rings. The smallest absolute Gasteiger partial charge is 0.350 e. The van der Waals surface area contributed by atoms with Gasteiger partial charge in [0.15, 0.2) is 5.57 Å². The topological polar surface area (TPSA) is 73.9 Å². The number of fused-ring (bicyclic) bond motifs is 1. The number of rotatable bonds is 3. The summed E-state index contributed by atoms with van der Waals surface area (Å²) in [6.45, 7) is 3.01. The van der Waals surface area contributed by atoms with Crippen LogP contribution in [0, 0.1) is 0 Å². The Bertz CT molecular complexity index is 832. The summed E-state index contributed by atoms with van der Waals surface area (Å²) in [5, 5.41) is 4.79. The normalized spacial score (nSPS) is 16.4. The predicted molar refractivity (Wildman–Crippen MR) is 88.5 cm³/mol. The highest BCUT2D eigenvalue weighted by molar-refractivity contribution is 6.15. The Morgan fingerprint density at radius 1 is 1.00 bits per heavy atom. The maximum absolute atomic E-state index is 12.0. The SMILES string of the molecule is COc1ccc(NC=C2C(=O)OC(C)(C)OC2=O)c2ccccc12. The van der Waals surface area contributed by atoms with Crippen molar-refractivity contribution in [2.45, 2.75) is 19.6 Å². The first-order valence-corrected chi connectivity index (χ1v) is 7.40. The molecule has 1 fully saturated rings. The Morgan fingerprint density at radius 3 is 2.25 bits per heavy atom. The average Bonchev–Trinajstić information content (AvgIpc) is 2.53. The largest absolute Gasteiger partial charge is 0.496 e. The van der Waals surface area contributed by atoms with Gasteiger partial charge in [-0.2, -0.15) is 0 Å². The molecular weight excluding hydrogens is 310 g/mol. The second kappa shape index (κ2) is 5.88. The van der Waals surface area contributed by atoms with E-state index in [-0.39, 0.29) is 5.57 Å². The second-order valence-electron chi connectivity index (χ2n) is 5.74. The number of esters is 2. The molecule has 0 aromatic heterocycles. The number of cyclic esters (lactones) is 2. The minimum Gasteiger partial charge on any atom is -0.496 e. The van der Waals surface area contributed by atoms with Crippen LogP contribution >= 0.6 is 0 Å². The summed E-state index contributed by atoms with van der Waals surface area (Å²) in [6.07, 6.45) is 1.30. The van der Waals surface area contributed by atoms with Gasteiger partial charge in [0.25, 0.3) is 5.79 Å². The Kier molecular flexibility index (Phi) is 3.89. The molecule has 0 bridgehead atoms. The van der Waals surface area contributed by atoms with E-state index in [4.69, 9.17) is 14.2 Å². The van der Waals surface area contributed by atoms with Crippen molar-refractivity contribution < 1.29 is 23.8 Å². The molecule has 0 saturated carbocycles. The van der Waals surface area contributed by atoms with Gasteiger partial charge in [-0.05, 0) is 12.1 Å². The lowest BCUT2D eigenvalue weighted by atomic mass is 10.1. The highest BCUT2D eigenvalue weighted by Crippen LogP contribution is 2.31. The summed E-state index contributed by atoms with van der Waals surface area (Å²) in [6, 6.07) is 11.3. The van der Waals surface area contributed by atoms with Crippen LogP contribution in [0.2, 0.25) is 0 Å². The van der Waals surface area contributed by atoms with Crippen molar-refractivity contribution in [1.29, 1.82) is 0 Å². The van der Waals surface area contributed by atoms with Crippen LogP contribution in [0.25, 0.3) is 10.8 Å². The van der Waals surface area contributed by atoms with Gasteiger partial charge in [-0.3, -0.25) is 0 Å². The van der Waals surface area contributed by atoms with E-state index in [1.54, 1.807) is 7.11 Å². The van der Waals surface area contributed by atoms with Gasteiger partial charge >= 0.3 is 11.9 Å². The molecular formula is C18H17NO5. The molecule has 24 heavy (non-hydrogen) atoms. The zero-order valence-electron chi connectivity index (χ0n) is 13.6. The third kappa shape index (κ3) is 2.90. The monoisotopic (exact) mass is 327 g/mol. The van der Waals surface area contributed by atoms with Crippen molar-refractivity contribution in [2.24, 2.45) is 0 Å². The standard InChI is InChI=1S/C18H17NO5/c1-18(2)23-16(20)13(17(21)24-18)10-19-14-8-9-15(22-3)12-7-5-4-6-11(12)14/h4-10,19H,1-3H3. The molecule has 0 spiro atoms. The van der Waals surface area contributed by atoms with Crippen molar-refractivity contribution >= 4 is 28.4 Å². The molecule has 1 N–H and O–H groups in total. The molecule has 0 atom stereocenters. The fraction of sp³-hybridized carbons (Fsp3) is 0.222. The van der Waals surface area contributed by atoms with Crippen LogP contribution in [0.5, 0.6) is 5.75 Å². The Hall–Kier alpha value is -3.02. The molecule has 3 rings (SSSR count). The van der Waals surface area contributed by atoms with Gasteiger partial charge in [0, 0.05) is 36.5 Å². The fourth-order valence-electron chi connectivity index (χ4n) is 2.50. The number of nitrogens with one attached hydrogen (secondary N) is 1. The van der Waals surface area contributed by atoms with Gasteiger partial charge in [0.2, 0.25) is 0 Å². The molecule has 2 aromatic carbocycles. The first kappa shape index (κ1) is 15.9. The number of methoxy groups -OCH3 is 1. The Morgan fingerprint density at radius 2 is 1.62 bits per heavy atom. The summed E-state index contributed by atoms with van der Waals surface area (Å²) in [4.78, 5) is 23.9. The lowest BCUT2D eigenvalue weighted by Gasteiger charge is -2.29. The van der Waals surface area contributed by atoms with Crippen molar-refractivity contribution in [1.82, 2.24) is 0 Å². The summed E-state index contributed by atoms with van der Waals surface area (Å²) < 4.78 is 15.5. The molecule has 0 radical (unpaired) electrons. The molecule has 1 aliphatic heterocycles. The van der Waals surface area contributed by atoms with Gasteiger partial charge in [0.1, 0.15) is 5.75 Å². The molecule has 124 valence electrons. The highest BCUT2D eigenvalue weighted by atomic mass is 16.7. The minimum absolute atomic E-state index is 0.186. The quantitative estimate of drug-likeness (QED) is 0.531. The first-order valence-electron chi connectivity index (χ1n) is 7.40. The number of carbonyl (C=O) groups is 2. The second-order valence-corrected chi connectivity index (χ2v) is 5.74. The fourth-order valence-corrected chi connectivity index (χ4v) is 2.50. The van der Waals surface area contributed by atoms with Crippen molar-refractivity contribution in [2.75, 3.05) is 12.4 Å². The van der Waals surface area contributed by atoms with E-state index in [2.05, 4.69) is 5.32 Å². The average molecular weight is 327 g/mol. The molecule has 6 heteroatoms. The van der Waals surface area contributed by atoms with E-state index in [1.165, 1.54) is 20.0 Å². The van der Waals surface area contributed by atoms with Gasteiger partial charge in [-0.15, -0.1) is 0 Å². The van der Waals surface area contributed by atoms with Crippen LogP contribution in [0.3, 0.4) is 0 Å². The maximum atomic E-state index is 12.0. The van der Waals surface area contributed by atoms with Gasteiger partial charge in [0.05, 0.1) is 7.11 Å². The zero-order chi connectivity index (χ0) is 17.3. The van der Waals surface area contributed by atoms with Crippen molar-refractivity contribution in [3.05, 3.63) is 48.2 Å². The molecule has 0 unspecified atom stereocenters. The third-order valence-electron chi connectivity index (χ3n) is 3.59. The number of hydrogen-bond donors (Lipinski definition) is 1. The molecule has 1 heterocycles. The van der Waals surface area contributed by atoms with Crippen LogP contribution < -0.4 is 10.1 Å². The van der Waals surface area contributed by atoms with Crippen LogP contribution in [0.4, 0.5) is 5.69 Å². The Labute approximate surface area is 139 Å². The van der Waals surface area contributed by atoms with E-state index >= 15 is 0 Å². The molecule has 0 amide bonds. The van der Waals surface area contributed by atoms with Gasteiger partial charge in [-0.25, -0.2) is 9.59 Å². The molecule has 1 saturated heterocycles. The van der Waals surface area contributed by atoms with Gasteiger partial charge in [-0.1, -0.05) is 24.3 Å². The molecule has 6 nitrogen and oxygen atoms in total. The van der Waals surface area contributed by atoms with E-state index in [0.29, 0.717) is 0 Å². The zero-order valence-corrected chi connectivity index (χ0v) is 13.6. The number of hydrogen-bond acceptors (Lipinski definition) is 6. The lowest BCUT2D eigenvalue weighted by Crippen LogP contribution is -2.42. The number of anilines is 1. The van der Waals surface area contributed by atoms with Crippen LogP contribution in [-0.2, 0) is 19.1 Å².